The van der Waals surface area contributed by atoms with Gasteiger partial charge in [0.2, 0.25) is 0 Å². The summed E-state index contributed by atoms with van der Waals surface area (Å²) in [4.78, 5) is 0. The van der Waals surface area contributed by atoms with Crippen LogP contribution in [-0.2, 0) is 193 Å². The smallest absolute Gasteiger partial charge is 3.00 e. The minimum Gasteiger partial charge on any atom is 3.00 e. The molecule has 0 rings (SSSR count). The van der Waals surface area contributed by atoms with Crippen LogP contribution in [0.25, 0.3) is 0 Å². The zero-order chi connectivity index (χ0) is 17.9. The molecule has 0 radical (unpaired) electrons. The third kappa shape index (κ3) is 374. The molecule has 0 aliphatic rings. The second kappa shape index (κ2) is 53.0. The van der Waals surface area contributed by atoms with Crippen LogP contribution >= 0.6 is 0 Å². The van der Waals surface area contributed by atoms with Crippen molar-refractivity contribution in [2.45, 2.75) is 0 Å². The Bertz CT molecular complexity index is 221. The second-order valence-corrected chi connectivity index (χ2v) is 7.40. The van der Waals surface area contributed by atoms with Gasteiger partial charge in [-0.25, -0.2) is 0 Å². The molecule has 0 aromatic heterocycles. The van der Waals surface area contributed by atoms with Crippen molar-refractivity contribution < 1.29 is 224 Å². The number of rotatable bonds is 0. The SMILES string of the molecule is [Ba+2].[Ba+2].[O]=[Zr]([O-])[O-].[O]=[Zr]([O-])[O-].[O]=[Zr]([O-])[O-].[O]=[Zr]([O-])[O-].[O]=[Zr]([O-])[O-].[Y+3].[Y+3]. The minimum atomic E-state index is -4.29. The quantitative estimate of drug-likeness (QED) is 0.204. The first-order chi connectivity index (χ1) is 8.66. The summed E-state index contributed by atoms with van der Waals surface area (Å²) in [7, 11) is 0. The molecular formula is Ba2O15Y2Zr5. The van der Waals surface area contributed by atoms with Crippen molar-refractivity contribution in [3.8, 4) is 0 Å². The molecule has 15 nitrogen and oxygen atoms in total. The minimum absolute atomic E-state index is 0. The fourth-order valence-corrected chi connectivity index (χ4v) is 0. The maximum absolute atomic E-state index is 8.61. The molecule has 0 N–H and O–H groups in total. The van der Waals surface area contributed by atoms with Crippen LogP contribution in [0.4, 0.5) is 0 Å². The summed E-state index contributed by atoms with van der Waals surface area (Å²) in [5.41, 5.74) is 0. The fraction of sp³-hybridized carbons (Fsp3) is 0. The van der Waals surface area contributed by atoms with Crippen molar-refractivity contribution in [3.63, 3.8) is 0 Å². The molecule has 0 fully saturated rings. The predicted octanol–water partition coefficient (Wildman–Crippen LogP) is -13.3. The molecular weight excluding hydrogens is 1150 g/mol. The standard InChI is InChI=1S/2Ba.15O.2Y.5Zr/q2*+2;;;;;;10*-1;2*+3;;;;;. The Morgan fingerprint density at radius 2 is 0.333 bits per heavy atom. The van der Waals surface area contributed by atoms with E-state index in [2.05, 4.69) is 0 Å². The van der Waals surface area contributed by atoms with Crippen LogP contribution < -0.4 is 31.8 Å². The van der Waals surface area contributed by atoms with Crippen LogP contribution in [-0.4, -0.2) is 97.8 Å². The van der Waals surface area contributed by atoms with Gasteiger partial charge in [0, 0.05) is 0 Å². The summed E-state index contributed by atoms with van der Waals surface area (Å²) in [6, 6.07) is 0. The monoisotopic (exact) mass is 1140 g/mol. The van der Waals surface area contributed by atoms with E-state index in [4.69, 9.17) is 45.9 Å². The topological polar surface area (TPSA) is 316 Å². The van der Waals surface area contributed by atoms with Crippen molar-refractivity contribution in [2.24, 2.45) is 0 Å². The molecule has 0 amide bonds. The summed E-state index contributed by atoms with van der Waals surface area (Å²) < 4.78 is 129. The van der Waals surface area contributed by atoms with Crippen LogP contribution in [0.3, 0.4) is 0 Å². The largest absolute Gasteiger partial charge is 3.00 e. The molecule has 0 aliphatic carbocycles. The van der Waals surface area contributed by atoms with Crippen LogP contribution in [0.2, 0.25) is 0 Å². The molecule has 24 heavy (non-hydrogen) atoms. The van der Waals surface area contributed by atoms with E-state index in [9.17, 15) is 0 Å². The van der Waals surface area contributed by atoms with Gasteiger partial charge in [-0.2, -0.15) is 0 Å². The van der Waals surface area contributed by atoms with E-state index < -0.39 is 113 Å². The maximum Gasteiger partial charge on any atom is 3.00 e. The van der Waals surface area contributed by atoms with Gasteiger partial charge in [-0.3, -0.25) is 0 Å². The molecule has 0 saturated carbocycles. The van der Waals surface area contributed by atoms with E-state index in [1.165, 1.54) is 0 Å². The van der Waals surface area contributed by atoms with Crippen molar-refractivity contribution in [1.82, 2.24) is 0 Å². The molecule has 0 aliphatic heterocycles. The van der Waals surface area contributed by atoms with Crippen molar-refractivity contribution in [3.05, 3.63) is 0 Å². The van der Waals surface area contributed by atoms with Gasteiger partial charge in [-0.15, -0.1) is 0 Å². The molecule has 0 spiro atoms. The molecule has 0 aromatic carbocycles. The first kappa shape index (κ1) is 58.3. The van der Waals surface area contributed by atoms with Gasteiger partial charge in [0.05, 0.1) is 0 Å². The first-order valence-electron chi connectivity index (χ1n) is 3.06. The molecule has 0 aromatic rings. The van der Waals surface area contributed by atoms with Crippen LogP contribution in [0, 0.1) is 0 Å². The molecule has 0 saturated heterocycles. The molecule has 0 atom stereocenters. The zero-order valence-electron chi connectivity index (χ0n) is 11.2. The van der Waals surface area contributed by atoms with Crippen molar-refractivity contribution in [2.75, 3.05) is 0 Å². The first-order valence-corrected chi connectivity index (χ1v) is 18.1. The van der Waals surface area contributed by atoms with Gasteiger partial charge < -0.3 is 0 Å². The molecule has 0 bridgehead atoms. The Morgan fingerprint density at radius 3 is 0.333 bits per heavy atom. The van der Waals surface area contributed by atoms with Gasteiger partial charge in [-0.1, -0.05) is 0 Å². The van der Waals surface area contributed by atoms with Gasteiger partial charge in [-0.05, 0) is 0 Å². The van der Waals surface area contributed by atoms with E-state index in [0.717, 1.165) is 0 Å². The molecule has 24 heteroatoms. The van der Waals surface area contributed by atoms with Crippen LogP contribution in [0.5, 0.6) is 0 Å². The summed E-state index contributed by atoms with van der Waals surface area (Å²) in [6.45, 7) is 0. The average molecular weight is 1150 g/mol. The Balaban J connectivity index is -0.0000000161. The third-order valence-corrected chi connectivity index (χ3v) is 0. The summed E-state index contributed by atoms with van der Waals surface area (Å²) in [5.74, 6) is 0. The Hall–Kier alpha value is 8.37. The van der Waals surface area contributed by atoms with Crippen LogP contribution in [0.15, 0.2) is 0 Å². The van der Waals surface area contributed by atoms with Gasteiger partial charge in [0.25, 0.3) is 0 Å². The van der Waals surface area contributed by atoms with Crippen molar-refractivity contribution in [1.29, 1.82) is 0 Å². The maximum atomic E-state index is 8.61. The average Bonchev–Trinajstić information content (AvgIpc) is 1.94. The van der Waals surface area contributed by atoms with E-state index in [1.807, 2.05) is 0 Å². The molecule has 0 unspecified atom stereocenters. The van der Waals surface area contributed by atoms with E-state index >= 15 is 0 Å². The van der Waals surface area contributed by atoms with E-state index in [0.29, 0.717) is 0 Å². The fourth-order valence-electron chi connectivity index (χ4n) is 0. The van der Waals surface area contributed by atoms with Gasteiger partial charge in [0.15, 0.2) is 0 Å². The van der Waals surface area contributed by atoms with Crippen molar-refractivity contribution >= 4 is 97.8 Å². The predicted molar refractivity (Wildman–Crippen MR) is 14.9 cm³/mol. The summed E-state index contributed by atoms with van der Waals surface area (Å²) >= 11 is -21.5. The summed E-state index contributed by atoms with van der Waals surface area (Å²) in [6.07, 6.45) is 0. The van der Waals surface area contributed by atoms with E-state index in [1.54, 1.807) is 0 Å². The Kier molecular flexibility index (Phi) is 129. The van der Waals surface area contributed by atoms with E-state index in [-0.39, 0.29) is 163 Å². The second-order valence-electron chi connectivity index (χ2n) is 1.25. The molecule has 120 valence electrons. The molecule has 0 heterocycles. The normalized spacial score (nSPS) is 5.42. The number of hydrogen-bond acceptors (Lipinski definition) is 15. The Labute approximate surface area is 312 Å². The number of hydrogen-bond donors (Lipinski definition) is 0. The van der Waals surface area contributed by atoms with Gasteiger partial charge >= 0.3 is 322 Å². The van der Waals surface area contributed by atoms with Crippen LogP contribution in [0.1, 0.15) is 0 Å². The zero-order valence-corrected chi connectivity index (χ0v) is 38.0. The van der Waals surface area contributed by atoms with Gasteiger partial charge in [0.1, 0.15) is 0 Å². The summed E-state index contributed by atoms with van der Waals surface area (Å²) in [5, 5.41) is 0. The third-order valence-electron chi connectivity index (χ3n) is 0. The Morgan fingerprint density at radius 1 is 0.333 bits per heavy atom.